The first-order chi connectivity index (χ1) is 16.0. The van der Waals surface area contributed by atoms with Crippen LogP contribution in [0.25, 0.3) is 0 Å². The van der Waals surface area contributed by atoms with Crippen molar-refractivity contribution in [2.45, 2.75) is 12.1 Å². The molecule has 3 aromatic rings. The van der Waals surface area contributed by atoms with Gasteiger partial charge in [-0.25, -0.2) is 9.78 Å². The molecule has 33 heavy (non-hydrogen) atoms. The van der Waals surface area contributed by atoms with Crippen LogP contribution in [0.1, 0.15) is 15.9 Å². The summed E-state index contributed by atoms with van der Waals surface area (Å²) in [7, 11) is 0. The average molecular weight is 467 g/mol. The molecule has 1 spiro atoms. The minimum Gasteiger partial charge on any atom is -0.436 e. The zero-order valence-electron chi connectivity index (χ0n) is 17.9. The second-order valence-corrected chi connectivity index (χ2v) is 8.77. The Morgan fingerprint density at radius 2 is 2.03 bits per heavy atom. The van der Waals surface area contributed by atoms with Crippen molar-refractivity contribution in [1.82, 2.24) is 14.5 Å². The summed E-state index contributed by atoms with van der Waals surface area (Å²) in [5.74, 6) is -0.121. The predicted molar refractivity (Wildman–Crippen MR) is 123 cm³/mol. The third kappa shape index (κ3) is 4.58. The molecule has 3 heterocycles. The Morgan fingerprint density at radius 1 is 1.15 bits per heavy atom. The molecule has 2 amide bonds. The summed E-state index contributed by atoms with van der Waals surface area (Å²) in [6.07, 6.45) is 4.87. The van der Waals surface area contributed by atoms with Gasteiger partial charge in [0.25, 0.3) is 5.91 Å². The van der Waals surface area contributed by atoms with E-state index in [1.54, 1.807) is 47.8 Å². The fraction of sp³-hybridized carbons (Fsp3) is 0.292. The van der Waals surface area contributed by atoms with Gasteiger partial charge in [0, 0.05) is 41.8 Å². The number of carbonyl (C=O) groups excluding carboxylic acids is 2. The first-order valence-electron chi connectivity index (χ1n) is 10.7. The monoisotopic (exact) mass is 466 g/mol. The molecule has 0 N–H and O–H groups in total. The van der Waals surface area contributed by atoms with Crippen molar-refractivity contribution in [3.05, 3.63) is 83.4 Å². The molecule has 2 aliphatic heterocycles. The molecule has 2 aliphatic rings. The van der Waals surface area contributed by atoms with E-state index in [2.05, 4.69) is 4.98 Å². The number of hydrogen-bond acceptors (Lipinski definition) is 5. The van der Waals surface area contributed by atoms with Crippen LogP contribution in [0, 0.1) is 0 Å². The predicted octanol–water partition coefficient (Wildman–Crippen LogP) is 3.45. The van der Waals surface area contributed by atoms with E-state index in [0.29, 0.717) is 36.0 Å². The topological polar surface area (TPSA) is 76.9 Å². The largest absolute Gasteiger partial charge is 0.436 e. The van der Waals surface area contributed by atoms with Crippen molar-refractivity contribution in [3.63, 3.8) is 0 Å². The van der Waals surface area contributed by atoms with Crippen molar-refractivity contribution in [1.29, 1.82) is 0 Å². The Kier molecular flexibility index (Phi) is 5.78. The number of hydrogen-bond donors (Lipinski definition) is 0. The summed E-state index contributed by atoms with van der Waals surface area (Å²) in [5.41, 5.74) is 1.29. The van der Waals surface area contributed by atoms with Gasteiger partial charge in [-0.2, -0.15) is 0 Å². The molecule has 0 radical (unpaired) electrons. The van der Waals surface area contributed by atoms with Gasteiger partial charge < -0.3 is 18.9 Å². The van der Waals surface area contributed by atoms with Crippen LogP contribution < -0.4 is 4.90 Å². The van der Waals surface area contributed by atoms with E-state index in [1.807, 2.05) is 29.0 Å². The highest BCUT2D eigenvalue weighted by Gasteiger charge is 2.49. The number of halogens is 1. The molecule has 9 heteroatoms. The zero-order valence-corrected chi connectivity index (χ0v) is 18.6. The van der Waals surface area contributed by atoms with E-state index in [0.717, 1.165) is 5.56 Å². The molecule has 2 aromatic carbocycles. The number of aromatic nitrogens is 2. The summed E-state index contributed by atoms with van der Waals surface area (Å²) < 4.78 is 13.5. The first-order valence-corrected chi connectivity index (χ1v) is 11.1. The van der Waals surface area contributed by atoms with Crippen molar-refractivity contribution in [3.8, 4) is 0 Å². The Balaban J connectivity index is 1.35. The minimum absolute atomic E-state index is 0.121. The lowest BCUT2D eigenvalue weighted by atomic mass is 10.0. The van der Waals surface area contributed by atoms with Crippen molar-refractivity contribution in [2.75, 3.05) is 37.7 Å². The van der Waals surface area contributed by atoms with Crippen LogP contribution >= 0.6 is 11.6 Å². The zero-order chi connectivity index (χ0) is 22.8. The fourth-order valence-corrected chi connectivity index (χ4v) is 4.46. The summed E-state index contributed by atoms with van der Waals surface area (Å²) in [6.45, 7) is 2.16. The van der Waals surface area contributed by atoms with Crippen LogP contribution in [0.2, 0.25) is 5.02 Å². The second kappa shape index (κ2) is 8.88. The number of carbonyl (C=O) groups is 2. The van der Waals surface area contributed by atoms with Gasteiger partial charge in [-0.1, -0.05) is 29.8 Å². The smallest absolute Gasteiger partial charge is 0.415 e. The normalized spacial score (nSPS) is 20.7. The van der Waals surface area contributed by atoms with Crippen LogP contribution in [-0.2, 0) is 16.0 Å². The number of anilines is 1. The molecule has 1 aromatic heterocycles. The van der Waals surface area contributed by atoms with E-state index >= 15 is 0 Å². The highest BCUT2D eigenvalue weighted by atomic mass is 35.5. The van der Waals surface area contributed by atoms with E-state index in [-0.39, 0.29) is 25.6 Å². The lowest BCUT2D eigenvalue weighted by molar-refractivity contribution is -0.0140. The molecule has 1 atom stereocenters. The van der Waals surface area contributed by atoms with Crippen LogP contribution in [-0.4, -0.2) is 64.9 Å². The molecule has 0 unspecified atom stereocenters. The van der Waals surface area contributed by atoms with E-state index in [1.165, 1.54) is 4.90 Å². The highest BCUT2D eigenvalue weighted by molar-refractivity contribution is 6.30. The molecular formula is C24H23ClN4O4. The molecule has 5 rings (SSSR count). The Labute approximate surface area is 196 Å². The molecular weight excluding hydrogens is 444 g/mol. The van der Waals surface area contributed by atoms with Crippen LogP contribution in [0.3, 0.4) is 0 Å². The van der Waals surface area contributed by atoms with Crippen molar-refractivity contribution < 1.29 is 19.1 Å². The van der Waals surface area contributed by atoms with Gasteiger partial charge >= 0.3 is 6.09 Å². The Morgan fingerprint density at radius 3 is 2.85 bits per heavy atom. The van der Waals surface area contributed by atoms with Gasteiger partial charge in [0.05, 0.1) is 32.6 Å². The number of rotatable bonds is 4. The number of benzene rings is 2. The maximum atomic E-state index is 13.4. The SMILES string of the molecule is O=C(c1cccc(Cn2ccnc2)c1)N1CCOC[C@@]2(C1)CN(c1cccc(Cl)c1)C(=O)O2. The molecule has 170 valence electrons. The summed E-state index contributed by atoms with van der Waals surface area (Å²) in [5, 5.41) is 0.533. The molecule has 8 nitrogen and oxygen atoms in total. The number of imidazole rings is 1. The van der Waals surface area contributed by atoms with Gasteiger partial charge in [-0.15, -0.1) is 0 Å². The van der Waals surface area contributed by atoms with Gasteiger partial charge in [-0.3, -0.25) is 9.69 Å². The molecule has 0 saturated carbocycles. The minimum atomic E-state index is -0.944. The van der Waals surface area contributed by atoms with Gasteiger partial charge in [0.15, 0.2) is 5.60 Å². The molecule has 2 saturated heterocycles. The summed E-state index contributed by atoms with van der Waals surface area (Å²) in [6, 6.07) is 14.6. The summed E-state index contributed by atoms with van der Waals surface area (Å²) in [4.78, 5) is 33.4. The number of amides is 2. The number of ether oxygens (including phenoxy) is 2. The van der Waals surface area contributed by atoms with E-state index in [9.17, 15) is 9.59 Å². The lowest BCUT2D eigenvalue weighted by Crippen LogP contribution is -2.49. The van der Waals surface area contributed by atoms with Crippen LogP contribution in [0.4, 0.5) is 10.5 Å². The maximum Gasteiger partial charge on any atom is 0.415 e. The quantitative estimate of drug-likeness (QED) is 0.588. The van der Waals surface area contributed by atoms with E-state index in [4.69, 9.17) is 21.1 Å². The van der Waals surface area contributed by atoms with Gasteiger partial charge in [0.1, 0.15) is 0 Å². The summed E-state index contributed by atoms with van der Waals surface area (Å²) >= 11 is 6.10. The second-order valence-electron chi connectivity index (χ2n) is 8.33. The molecule has 2 fully saturated rings. The Bertz CT molecular complexity index is 1170. The fourth-order valence-electron chi connectivity index (χ4n) is 4.28. The molecule has 0 bridgehead atoms. The highest BCUT2D eigenvalue weighted by Crippen LogP contribution is 2.32. The van der Waals surface area contributed by atoms with Gasteiger partial charge in [-0.05, 0) is 35.9 Å². The Hall–Kier alpha value is -3.36. The first kappa shape index (κ1) is 21.5. The van der Waals surface area contributed by atoms with Crippen molar-refractivity contribution in [2.24, 2.45) is 0 Å². The van der Waals surface area contributed by atoms with Gasteiger partial charge in [0.2, 0.25) is 0 Å². The third-order valence-electron chi connectivity index (χ3n) is 5.83. The third-order valence-corrected chi connectivity index (χ3v) is 6.06. The van der Waals surface area contributed by atoms with Crippen molar-refractivity contribution >= 4 is 29.3 Å². The van der Waals surface area contributed by atoms with Crippen LogP contribution in [0.5, 0.6) is 0 Å². The van der Waals surface area contributed by atoms with E-state index < -0.39 is 11.7 Å². The van der Waals surface area contributed by atoms with Crippen LogP contribution in [0.15, 0.2) is 67.3 Å². The number of nitrogens with zero attached hydrogens (tertiary/aromatic N) is 4. The lowest BCUT2D eigenvalue weighted by Gasteiger charge is -2.29. The standard InChI is InChI=1S/C24H23ClN4O4/c25-20-5-2-6-21(12-20)29-15-24(33-23(29)31)14-28(9-10-32-16-24)22(30)19-4-1-3-18(11-19)13-27-8-7-26-17-27/h1-8,11-12,17H,9-10,13-16H2/t24-/m1/s1. The average Bonchev–Trinajstić information content (AvgIpc) is 3.37. The maximum absolute atomic E-state index is 13.4. The molecule has 0 aliphatic carbocycles.